The van der Waals surface area contributed by atoms with E-state index in [9.17, 15) is 4.79 Å². The molecule has 0 radical (unpaired) electrons. The van der Waals surface area contributed by atoms with E-state index in [1.807, 2.05) is 16.8 Å². The summed E-state index contributed by atoms with van der Waals surface area (Å²) in [5.74, 6) is 0.466. The van der Waals surface area contributed by atoms with Crippen LogP contribution in [0.3, 0.4) is 0 Å². The van der Waals surface area contributed by atoms with Crippen molar-refractivity contribution in [2.75, 3.05) is 0 Å². The van der Waals surface area contributed by atoms with Crippen molar-refractivity contribution in [1.29, 1.82) is 0 Å². The van der Waals surface area contributed by atoms with Gasteiger partial charge >= 0.3 is 0 Å². The number of nitrogens with zero attached hydrogens (tertiary/aromatic N) is 3. The maximum absolute atomic E-state index is 11.0. The van der Waals surface area contributed by atoms with Crippen molar-refractivity contribution in [2.24, 2.45) is 5.92 Å². The zero-order valence-corrected chi connectivity index (χ0v) is 11.6. The Labute approximate surface area is 113 Å². The first-order valence-corrected chi connectivity index (χ1v) is 6.54. The lowest BCUT2D eigenvalue weighted by Crippen LogP contribution is -2.10. The van der Waals surface area contributed by atoms with E-state index < -0.39 is 0 Å². The number of rotatable bonds is 5. The standard InChI is InChI=1S/C15H19N3O/c1-11(2)8-15-14(10-19)16-17-18(15)9-13-7-5-4-6-12(13)3/h4-7,10-11H,8-9H2,1-3H3. The smallest absolute Gasteiger partial charge is 0.172 e. The highest BCUT2D eigenvalue weighted by Crippen LogP contribution is 2.14. The van der Waals surface area contributed by atoms with Crippen LogP contribution < -0.4 is 0 Å². The van der Waals surface area contributed by atoms with Gasteiger partial charge in [-0.15, -0.1) is 5.10 Å². The second kappa shape index (κ2) is 5.78. The number of aryl methyl sites for hydroxylation is 1. The Morgan fingerprint density at radius 3 is 2.68 bits per heavy atom. The summed E-state index contributed by atoms with van der Waals surface area (Å²) in [5.41, 5.74) is 3.81. The van der Waals surface area contributed by atoms with Crippen LogP contribution in [0.4, 0.5) is 0 Å². The first kappa shape index (κ1) is 13.5. The molecular weight excluding hydrogens is 238 g/mol. The molecule has 0 aliphatic carbocycles. The minimum atomic E-state index is 0.460. The maximum atomic E-state index is 11.0. The van der Waals surface area contributed by atoms with Crippen LogP contribution in [0.1, 0.15) is 41.2 Å². The summed E-state index contributed by atoms with van der Waals surface area (Å²) < 4.78 is 1.84. The number of aromatic nitrogens is 3. The van der Waals surface area contributed by atoms with E-state index in [1.54, 1.807) is 0 Å². The van der Waals surface area contributed by atoms with Gasteiger partial charge < -0.3 is 0 Å². The molecule has 100 valence electrons. The lowest BCUT2D eigenvalue weighted by Gasteiger charge is -2.10. The molecule has 0 unspecified atom stereocenters. The molecule has 4 nitrogen and oxygen atoms in total. The second-order valence-corrected chi connectivity index (χ2v) is 5.22. The van der Waals surface area contributed by atoms with Crippen LogP contribution in [0, 0.1) is 12.8 Å². The molecule has 0 amide bonds. The quantitative estimate of drug-likeness (QED) is 0.774. The third kappa shape index (κ3) is 3.08. The molecule has 0 atom stereocenters. The first-order chi connectivity index (χ1) is 9.11. The van der Waals surface area contributed by atoms with E-state index in [0.29, 0.717) is 18.2 Å². The molecule has 1 heterocycles. The Bertz CT molecular complexity index is 573. The summed E-state index contributed by atoms with van der Waals surface area (Å²) in [7, 11) is 0. The fourth-order valence-corrected chi connectivity index (χ4v) is 2.11. The average molecular weight is 257 g/mol. The van der Waals surface area contributed by atoms with Crippen LogP contribution in [0.15, 0.2) is 24.3 Å². The van der Waals surface area contributed by atoms with E-state index in [0.717, 1.165) is 18.4 Å². The second-order valence-electron chi connectivity index (χ2n) is 5.22. The Balaban J connectivity index is 2.32. The van der Waals surface area contributed by atoms with Gasteiger partial charge in [0, 0.05) is 0 Å². The van der Waals surface area contributed by atoms with Crippen molar-refractivity contribution in [2.45, 2.75) is 33.7 Å². The number of carbonyl (C=O) groups is 1. The molecule has 4 heteroatoms. The van der Waals surface area contributed by atoms with Crippen LogP contribution in [-0.4, -0.2) is 21.3 Å². The van der Waals surface area contributed by atoms with Gasteiger partial charge in [-0.25, -0.2) is 4.68 Å². The Morgan fingerprint density at radius 2 is 2.05 bits per heavy atom. The van der Waals surface area contributed by atoms with Crippen LogP contribution in [0.25, 0.3) is 0 Å². The Hall–Kier alpha value is -1.97. The van der Waals surface area contributed by atoms with Crippen LogP contribution in [0.2, 0.25) is 0 Å². The molecule has 0 spiro atoms. The van der Waals surface area contributed by atoms with Gasteiger partial charge in [0.25, 0.3) is 0 Å². The molecule has 2 aromatic rings. The summed E-state index contributed by atoms with van der Waals surface area (Å²) in [5, 5.41) is 8.07. The molecule has 0 saturated heterocycles. The van der Waals surface area contributed by atoms with Crippen LogP contribution in [0.5, 0.6) is 0 Å². The van der Waals surface area contributed by atoms with E-state index in [4.69, 9.17) is 0 Å². The number of benzene rings is 1. The SMILES string of the molecule is Cc1ccccc1Cn1nnc(C=O)c1CC(C)C. The summed E-state index contributed by atoms with van der Waals surface area (Å²) in [6, 6.07) is 8.19. The minimum Gasteiger partial charge on any atom is -0.296 e. The van der Waals surface area contributed by atoms with Crippen molar-refractivity contribution in [3.05, 3.63) is 46.8 Å². The molecule has 0 aliphatic rings. The molecule has 0 bridgehead atoms. The number of aldehydes is 1. The summed E-state index contributed by atoms with van der Waals surface area (Å²) in [6.45, 7) is 6.99. The third-order valence-corrected chi connectivity index (χ3v) is 3.16. The summed E-state index contributed by atoms with van der Waals surface area (Å²) >= 11 is 0. The topological polar surface area (TPSA) is 47.8 Å². The van der Waals surface area contributed by atoms with Crippen molar-refractivity contribution in [3.63, 3.8) is 0 Å². The predicted octanol–water partition coefficient (Wildman–Crippen LogP) is 2.65. The molecule has 1 aromatic heterocycles. The fraction of sp³-hybridized carbons (Fsp3) is 0.400. The molecular formula is C15H19N3O. The highest BCUT2D eigenvalue weighted by atomic mass is 16.1. The van der Waals surface area contributed by atoms with Gasteiger partial charge in [-0.3, -0.25) is 4.79 Å². The maximum Gasteiger partial charge on any atom is 0.172 e. The van der Waals surface area contributed by atoms with E-state index in [-0.39, 0.29) is 0 Å². The van der Waals surface area contributed by atoms with Gasteiger partial charge in [0.2, 0.25) is 0 Å². The van der Waals surface area contributed by atoms with Crippen LogP contribution in [-0.2, 0) is 13.0 Å². The highest BCUT2D eigenvalue weighted by Gasteiger charge is 2.14. The van der Waals surface area contributed by atoms with E-state index in [1.165, 1.54) is 11.1 Å². The summed E-state index contributed by atoms with van der Waals surface area (Å²) in [6.07, 6.45) is 1.60. The molecule has 0 saturated carbocycles. The predicted molar refractivity (Wildman–Crippen MR) is 74.2 cm³/mol. The van der Waals surface area contributed by atoms with Crippen molar-refractivity contribution >= 4 is 6.29 Å². The molecule has 0 N–H and O–H groups in total. The third-order valence-electron chi connectivity index (χ3n) is 3.16. The zero-order valence-electron chi connectivity index (χ0n) is 11.6. The average Bonchev–Trinajstić information content (AvgIpc) is 2.74. The number of hydrogen-bond donors (Lipinski definition) is 0. The van der Waals surface area contributed by atoms with Crippen molar-refractivity contribution < 1.29 is 4.79 Å². The van der Waals surface area contributed by atoms with Gasteiger partial charge in [-0.2, -0.15) is 0 Å². The monoisotopic (exact) mass is 257 g/mol. The van der Waals surface area contributed by atoms with E-state index >= 15 is 0 Å². The number of hydrogen-bond acceptors (Lipinski definition) is 3. The van der Waals surface area contributed by atoms with Gasteiger partial charge in [-0.05, 0) is 30.4 Å². The molecule has 0 aliphatic heterocycles. The van der Waals surface area contributed by atoms with E-state index in [2.05, 4.69) is 43.2 Å². The van der Waals surface area contributed by atoms with Crippen molar-refractivity contribution in [3.8, 4) is 0 Å². The van der Waals surface area contributed by atoms with Gasteiger partial charge in [0.1, 0.15) is 5.69 Å². The fourth-order valence-electron chi connectivity index (χ4n) is 2.11. The van der Waals surface area contributed by atoms with Crippen molar-refractivity contribution in [1.82, 2.24) is 15.0 Å². The first-order valence-electron chi connectivity index (χ1n) is 6.54. The lowest BCUT2D eigenvalue weighted by molar-refractivity contribution is 0.111. The lowest BCUT2D eigenvalue weighted by atomic mass is 10.1. The zero-order chi connectivity index (χ0) is 13.8. The summed E-state index contributed by atoms with van der Waals surface area (Å²) in [4.78, 5) is 11.0. The Morgan fingerprint density at radius 1 is 1.32 bits per heavy atom. The Kier molecular flexibility index (Phi) is 4.10. The highest BCUT2D eigenvalue weighted by molar-refractivity contribution is 5.73. The molecule has 19 heavy (non-hydrogen) atoms. The normalized spacial score (nSPS) is 10.9. The largest absolute Gasteiger partial charge is 0.296 e. The number of carbonyl (C=O) groups excluding carboxylic acids is 1. The van der Waals surface area contributed by atoms with Crippen LogP contribution >= 0.6 is 0 Å². The van der Waals surface area contributed by atoms with Gasteiger partial charge in [0.05, 0.1) is 12.2 Å². The van der Waals surface area contributed by atoms with Gasteiger partial charge in [-0.1, -0.05) is 43.3 Å². The molecule has 0 fully saturated rings. The minimum absolute atomic E-state index is 0.460. The molecule has 1 aromatic carbocycles. The van der Waals surface area contributed by atoms with Gasteiger partial charge in [0.15, 0.2) is 6.29 Å². The molecule has 2 rings (SSSR count).